The maximum absolute atomic E-state index is 10.2. The van der Waals surface area contributed by atoms with Crippen LogP contribution in [0.2, 0.25) is 0 Å². The van der Waals surface area contributed by atoms with Gasteiger partial charge in [0.15, 0.2) is 0 Å². The van der Waals surface area contributed by atoms with Crippen LogP contribution in [-0.2, 0) is 0 Å². The van der Waals surface area contributed by atoms with E-state index >= 15 is 0 Å². The molecule has 4 rings (SSSR count). The molecule has 0 bridgehead atoms. The topological polar surface area (TPSA) is 73.2 Å². The van der Waals surface area contributed by atoms with Crippen molar-refractivity contribution < 1.29 is 20.1 Å². The number of ether oxygens (including phenoxy) is 1. The van der Waals surface area contributed by atoms with E-state index in [4.69, 9.17) is 4.74 Å². The van der Waals surface area contributed by atoms with Crippen LogP contribution in [0.4, 0.5) is 17.1 Å². The summed E-state index contributed by atoms with van der Waals surface area (Å²) in [5.41, 5.74) is 5.80. The molecule has 0 spiro atoms. The highest BCUT2D eigenvalue weighted by molar-refractivity contribution is 5.78. The van der Waals surface area contributed by atoms with Crippen LogP contribution in [0, 0.1) is 27.7 Å². The third-order valence-corrected chi connectivity index (χ3v) is 5.41. The Morgan fingerprint density at radius 2 is 1.09 bits per heavy atom. The predicted molar refractivity (Wildman–Crippen MR) is 132 cm³/mol. The normalized spacial score (nSPS) is 10.8. The van der Waals surface area contributed by atoms with Gasteiger partial charge in [-0.05, 0) is 105 Å². The fourth-order valence-corrected chi connectivity index (χ4v) is 3.89. The molecule has 3 N–H and O–H groups in total. The first-order valence-electron chi connectivity index (χ1n) is 10.7. The van der Waals surface area contributed by atoms with Gasteiger partial charge < -0.3 is 25.0 Å². The number of aromatic hydroxyl groups is 3. The molecular formula is C28H27NO4. The number of hydrogen-bond acceptors (Lipinski definition) is 5. The van der Waals surface area contributed by atoms with Crippen molar-refractivity contribution in [1.82, 2.24) is 0 Å². The molecule has 33 heavy (non-hydrogen) atoms. The van der Waals surface area contributed by atoms with Crippen molar-refractivity contribution in [2.75, 3.05) is 4.90 Å². The fourth-order valence-electron chi connectivity index (χ4n) is 3.89. The Morgan fingerprint density at radius 3 is 1.61 bits per heavy atom. The van der Waals surface area contributed by atoms with Gasteiger partial charge in [0.05, 0.1) is 11.4 Å². The summed E-state index contributed by atoms with van der Waals surface area (Å²) in [7, 11) is 0. The quantitative estimate of drug-likeness (QED) is 0.303. The standard InChI is InChI=1S/C28H27NO4/c1-17-9-22(15-24(30)11-17)29(23-10-18(2)12-25(31)16-23)21-5-7-26(8-6-21)33-28-14-19(3)13-27(32)20(28)4/h5-16,30-32H,1-4H3. The summed E-state index contributed by atoms with van der Waals surface area (Å²) in [5, 5.41) is 30.5. The lowest BCUT2D eigenvalue weighted by Crippen LogP contribution is -2.10. The minimum absolute atomic E-state index is 0.168. The van der Waals surface area contributed by atoms with Gasteiger partial charge in [0.1, 0.15) is 28.7 Å². The Kier molecular flexibility index (Phi) is 5.88. The van der Waals surface area contributed by atoms with E-state index in [1.54, 1.807) is 30.3 Å². The van der Waals surface area contributed by atoms with Crippen LogP contribution in [0.5, 0.6) is 28.7 Å². The molecule has 0 aromatic heterocycles. The fraction of sp³-hybridized carbons (Fsp3) is 0.143. The Labute approximate surface area is 193 Å². The Hall–Kier alpha value is -4.12. The summed E-state index contributed by atoms with van der Waals surface area (Å²) in [5.74, 6) is 1.77. The zero-order valence-corrected chi connectivity index (χ0v) is 19.1. The molecule has 0 radical (unpaired) electrons. The van der Waals surface area contributed by atoms with Crippen LogP contribution in [-0.4, -0.2) is 15.3 Å². The van der Waals surface area contributed by atoms with Crippen LogP contribution in [0.3, 0.4) is 0 Å². The molecule has 0 saturated heterocycles. The Balaban J connectivity index is 1.75. The molecule has 0 unspecified atom stereocenters. The second kappa shape index (κ2) is 8.79. The monoisotopic (exact) mass is 441 g/mol. The van der Waals surface area contributed by atoms with Crippen LogP contribution in [0.1, 0.15) is 22.3 Å². The SMILES string of the molecule is Cc1cc(O)cc(N(c2ccc(Oc3cc(C)cc(O)c3C)cc2)c2cc(C)cc(O)c2)c1. The number of phenols is 3. The zero-order chi connectivity index (χ0) is 23.7. The molecule has 0 atom stereocenters. The van der Waals surface area contributed by atoms with Crippen LogP contribution in [0.15, 0.2) is 72.8 Å². The highest BCUT2D eigenvalue weighted by Gasteiger charge is 2.16. The van der Waals surface area contributed by atoms with Gasteiger partial charge in [-0.1, -0.05) is 0 Å². The molecule has 168 valence electrons. The summed E-state index contributed by atoms with van der Waals surface area (Å²) in [4.78, 5) is 1.97. The van der Waals surface area contributed by atoms with Crippen molar-refractivity contribution >= 4 is 17.1 Å². The van der Waals surface area contributed by atoms with Crippen LogP contribution >= 0.6 is 0 Å². The summed E-state index contributed by atoms with van der Waals surface area (Å²) in [6, 6.07) is 21.9. The van der Waals surface area contributed by atoms with Gasteiger partial charge in [0.25, 0.3) is 0 Å². The highest BCUT2D eigenvalue weighted by Crippen LogP contribution is 2.40. The number of nitrogens with zero attached hydrogens (tertiary/aromatic N) is 1. The van der Waals surface area contributed by atoms with Gasteiger partial charge in [-0.25, -0.2) is 0 Å². The molecule has 0 aliphatic heterocycles. The molecule has 4 aromatic rings. The van der Waals surface area contributed by atoms with Crippen molar-refractivity contribution in [1.29, 1.82) is 0 Å². The summed E-state index contributed by atoms with van der Waals surface area (Å²) in [6.07, 6.45) is 0. The molecule has 0 fully saturated rings. The molecule has 0 heterocycles. The molecular weight excluding hydrogens is 414 g/mol. The zero-order valence-electron chi connectivity index (χ0n) is 19.1. The second-order valence-electron chi connectivity index (χ2n) is 8.39. The highest BCUT2D eigenvalue weighted by atomic mass is 16.5. The lowest BCUT2D eigenvalue weighted by Gasteiger charge is -2.26. The van der Waals surface area contributed by atoms with Gasteiger partial charge in [0, 0.05) is 23.4 Å². The van der Waals surface area contributed by atoms with E-state index in [0.717, 1.165) is 33.8 Å². The third-order valence-electron chi connectivity index (χ3n) is 5.41. The van der Waals surface area contributed by atoms with E-state index in [0.29, 0.717) is 17.1 Å². The van der Waals surface area contributed by atoms with Crippen molar-refractivity contribution in [3.05, 3.63) is 95.1 Å². The van der Waals surface area contributed by atoms with E-state index in [1.165, 1.54) is 0 Å². The number of rotatable bonds is 5. The third kappa shape index (κ3) is 4.88. The van der Waals surface area contributed by atoms with Gasteiger partial charge in [0.2, 0.25) is 0 Å². The van der Waals surface area contributed by atoms with Gasteiger partial charge >= 0.3 is 0 Å². The first kappa shape index (κ1) is 22.1. The van der Waals surface area contributed by atoms with E-state index in [9.17, 15) is 15.3 Å². The Bertz CT molecular complexity index is 1220. The molecule has 0 aliphatic rings. The van der Waals surface area contributed by atoms with Gasteiger partial charge in [-0.2, -0.15) is 0 Å². The first-order valence-corrected chi connectivity index (χ1v) is 10.7. The smallest absolute Gasteiger partial charge is 0.134 e. The van der Waals surface area contributed by atoms with Crippen molar-refractivity contribution in [3.8, 4) is 28.7 Å². The number of aryl methyl sites for hydroxylation is 3. The van der Waals surface area contributed by atoms with Crippen molar-refractivity contribution in [2.45, 2.75) is 27.7 Å². The molecule has 0 aliphatic carbocycles. The Morgan fingerprint density at radius 1 is 0.576 bits per heavy atom. The van der Waals surface area contributed by atoms with E-state index in [2.05, 4.69) is 0 Å². The summed E-state index contributed by atoms with van der Waals surface area (Å²) < 4.78 is 6.03. The molecule has 0 saturated carbocycles. The summed E-state index contributed by atoms with van der Waals surface area (Å²) in [6.45, 7) is 7.56. The predicted octanol–water partition coefficient (Wildman–Crippen LogP) is 7.30. The first-order chi connectivity index (χ1) is 15.7. The minimum atomic E-state index is 0.168. The van der Waals surface area contributed by atoms with Gasteiger partial charge in [-0.3, -0.25) is 0 Å². The number of anilines is 3. The molecule has 5 nitrogen and oxygen atoms in total. The largest absolute Gasteiger partial charge is 0.508 e. The maximum Gasteiger partial charge on any atom is 0.134 e. The van der Waals surface area contributed by atoms with E-state index in [1.807, 2.05) is 75.1 Å². The number of phenolic OH excluding ortho intramolecular Hbond substituents is 3. The van der Waals surface area contributed by atoms with Gasteiger partial charge in [-0.15, -0.1) is 0 Å². The molecule has 0 amide bonds. The average molecular weight is 442 g/mol. The lowest BCUT2D eigenvalue weighted by molar-refractivity contribution is 0.447. The van der Waals surface area contributed by atoms with Crippen LogP contribution < -0.4 is 9.64 Å². The second-order valence-corrected chi connectivity index (χ2v) is 8.39. The van der Waals surface area contributed by atoms with Crippen molar-refractivity contribution in [3.63, 3.8) is 0 Å². The van der Waals surface area contributed by atoms with E-state index < -0.39 is 0 Å². The number of hydrogen-bond donors (Lipinski definition) is 3. The van der Waals surface area contributed by atoms with Crippen molar-refractivity contribution in [2.24, 2.45) is 0 Å². The minimum Gasteiger partial charge on any atom is -0.508 e. The molecule has 4 aromatic carbocycles. The number of benzene rings is 4. The lowest BCUT2D eigenvalue weighted by atomic mass is 10.1. The average Bonchev–Trinajstić information content (AvgIpc) is 2.72. The van der Waals surface area contributed by atoms with Crippen LogP contribution in [0.25, 0.3) is 0 Å². The van der Waals surface area contributed by atoms with E-state index in [-0.39, 0.29) is 17.2 Å². The maximum atomic E-state index is 10.2. The molecule has 5 heteroatoms. The summed E-state index contributed by atoms with van der Waals surface area (Å²) >= 11 is 0.